The Balaban J connectivity index is 1.72. The SMILES string of the molecule is CC#Cc1cc(C)c(C2C(=O)CC3(CCN(C(=O)C(C)OC(C)C)CC3)CC2=O)c(C)c1. The second kappa shape index (κ2) is 9.58. The van der Waals surface area contributed by atoms with Crippen LogP contribution in [0.1, 0.15) is 81.5 Å². The van der Waals surface area contributed by atoms with Crippen molar-refractivity contribution >= 4 is 17.5 Å². The number of carbonyl (C=O) groups is 3. The molecule has 3 rings (SSSR count). The summed E-state index contributed by atoms with van der Waals surface area (Å²) in [5, 5.41) is 0. The van der Waals surface area contributed by atoms with E-state index in [-0.39, 0.29) is 29.0 Å². The van der Waals surface area contributed by atoms with Gasteiger partial charge in [0.25, 0.3) is 5.91 Å². The van der Waals surface area contributed by atoms with Crippen LogP contribution in [0.4, 0.5) is 0 Å². The molecule has 0 aromatic heterocycles. The summed E-state index contributed by atoms with van der Waals surface area (Å²) in [4.78, 5) is 41.1. The molecule has 1 aliphatic carbocycles. The lowest BCUT2D eigenvalue weighted by molar-refractivity contribution is -0.149. The quantitative estimate of drug-likeness (QED) is 0.525. The molecule has 1 aromatic carbocycles. The number of rotatable bonds is 4. The lowest BCUT2D eigenvalue weighted by Crippen LogP contribution is -2.50. The smallest absolute Gasteiger partial charge is 0.251 e. The lowest BCUT2D eigenvalue weighted by atomic mass is 9.62. The molecule has 5 heteroatoms. The summed E-state index contributed by atoms with van der Waals surface area (Å²) >= 11 is 0. The highest BCUT2D eigenvalue weighted by Crippen LogP contribution is 2.46. The molecule has 1 unspecified atom stereocenters. The van der Waals surface area contributed by atoms with Crippen molar-refractivity contribution in [3.8, 4) is 11.8 Å². The Bertz CT molecular complexity index is 930. The summed E-state index contributed by atoms with van der Waals surface area (Å²) in [6.45, 7) is 12.5. The van der Waals surface area contributed by atoms with Gasteiger partial charge in [-0.2, -0.15) is 0 Å². The fourth-order valence-electron chi connectivity index (χ4n) is 5.43. The Kier molecular flexibility index (Phi) is 7.25. The Morgan fingerprint density at radius 3 is 2.06 bits per heavy atom. The summed E-state index contributed by atoms with van der Waals surface area (Å²) in [6.07, 6.45) is 1.68. The maximum atomic E-state index is 13.3. The minimum absolute atomic E-state index is 0.00870. The van der Waals surface area contributed by atoms with Crippen molar-refractivity contribution in [2.75, 3.05) is 13.1 Å². The van der Waals surface area contributed by atoms with Crippen molar-refractivity contribution in [2.45, 2.75) is 85.4 Å². The molecule has 1 aromatic rings. The van der Waals surface area contributed by atoms with Gasteiger partial charge < -0.3 is 9.64 Å². The minimum atomic E-state index is -0.677. The summed E-state index contributed by atoms with van der Waals surface area (Å²) in [5.74, 6) is 5.29. The van der Waals surface area contributed by atoms with Crippen molar-refractivity contribution in [1.82, 2.24) is 4.90 Å². The average molecular weight is 438 g/mol. The van der Waals surface area contributed by atoms with Crippen molar-refractivity contribution in [1.29, 1.82) is 0 Å². The fraction of sp³-hybridized carbons (Fsp3) is 0.593. The van der Waals surface area contributed by atoms with E-state index in [1.54, 1.807) is 13.8 Å². The summed E-state index contributed by atoms with van der Waals surface area (Å²) < 4.78 is 5.64. The Hall–Kier alpha value is -2.45. The first-order valence-electron chi connectivity index (χ1n) is 11.6. The van der Waals surface area contributed by atoms with Crippen LogP contribution in [0, 0.1) is 31.1 Å². The number of hydrogen-bond donors (Lipinski definition) is 0. The molecular formula is C27H35NO4. The predicted octanol–water partition coefficient (Wildman–Crippen LogP) is 4.11. The van der Waals surface area contributed by atoms with Crippen LogP contribution in [0.25, 0.3) is 0 Å². The van der Waals surface area contributed by atoms with Crippen molar-refractivity contribution in [3.05, 3.63) is 34.4 Å². The molecule has 1 heterocycles. The summed E-state index contributed by atoms with van der Waals surface area (Å²) in [7, 11) is 0. The van der Waals surface area contributed by atoms with E-state index in [0.717, 1.165) is 22.3 Å². The first-order valence-corrected chi connectivity index (χ1v) is 11.6. The van der Waals surface area contributed by atoms with Gasteiger partial charge in [-0.05, 0) is 88.6 Å². The third-order valence-electron chi connectivity index (χ3n) is 6.85. The molecule has 0 radical (unpaired) electrons. The number of Topliss-reactive ketones (excluding diaryl/α,β-unsaturated/α-hetero) is 2. The number of benzene rings is 1. The van der Waals surface area contributed by atoms with E-state index in [4.69, 9.17) is 4.74 Å². The molecule has 2 aliphatic rings. The van der Waals surface area contributed by atoms with E-state index in [9.17, 15) is 14.4 Å². The van der Waals surface area contributed by atoms with Crippen LogP contribution in [0.3, 0.4) is 0 Å². The van der Waals surface area contributed by atoms with Gasteiger partial charge in [0.1, 0.15) is 23.6 Å². The fourth-order valence-corrected chi connectivity index (χ4v) is 5.43. The van der Waals surface area contributed by atoms with E-state index in [1.807, 2.05) is 44.7 Å². The maximum absolute atomic E-state index is 13.3. The van der Waals surface area contributed by atoms with Gasteiger partial charge in [-0.15, -0.1) is 5.92 Å². The number of aryl methyl sites for hydroxylation is 2. The summed E-state index contributed by atoms with van der Waals surface area (Å²) in [6, 6.07) is 3.93. The molecule has 1 saturated carbocycles. The average Bonchev–Trinajstić information content (AvgIpc) is 2.69. The van der Waals surface area contributed by atoms with Gasteiger partial charge >= 0.3 is 0 Å². The Morgan fingerprint density at radius 1 is 1.06 bits per heavy atom. The molecule has 0 N–H and O–H groups in total. The first-order chi connectivity index (χ1) is 15.1. The minimum Gasteiger partial charge on any atom is -0.366 e. The van der Waals surface area contributed by atoms with Gasteiger partial charge in [0.2, 0.25) is 0 Å². The van der Waals surface area contributed by atoms with Crippen LogP contribution in [0.2, 0.25) is 0 Å². The van der Waals surface area contributed by atoms with Gasteiger partial charge in [-0.1, -0.05) is 5.92 Å². The normalized spacial score (nSPS) is 19.8. The highest BCUT2D eigenvalue weighted by molar-refractivity contribution is 6.10. The largest absolute Gasteiger partial charge is 0.366 e. The van der Waals surface area contributed by atoms with E-state index in [2.05, 4.69) is 11.8 Å². The van der Waals surface area contributed by atoms with Gasteiger partial charge in [0.15, 0.2) is 0 Å². The molecule has 2 fully saturated rings. The van der Waals surface area contributed by atoms with E-state index in [1.165, 1.54) is 0 Å². The Morgan fingerprint density at radius 2 is 1.59 bits per heavy atom. The number of ether oxygens (including phenoxy) is 1. The van der Waals surface area contributed by atoms with Gasteiger partial charge in [-0.25, -0.2) is 0 Å². The molecule has 172 valence electrons. The number of hydrogen-bond acceptors (Lipinski definition) is 4. The predicted molar refractivity (Wildman–Crippen MR) is 124 cm³/mol. The molecule has 5 nitrogen and oxygen atoms in total. The summed E-state index contributed by atoms with van der Waals surface area (Å²) in [5.41, 5.74) is 3.34. The topological polar surface area (TPSA) is 63.7 Å². The number of ketones is 2. The molecule has 1 saturated heterocycles. The standard InChI is InChI=1S/C27H35NO4/c1-7-8-21-13-18(4)24(19(5)14-21)25-22(29)15-27(16-23(25)30)9-11-28(12-10-27)26(31)20(6)32-17(2)3/h13-14,17,20,25H,9-12,15-16H2,1-6H3. The van der Waals surface area contributed by atoms with Crippen LogP contribution in [-0.4, -0.2) is 47.7 Å². The molecule has 1 amide bonds. The zero-order valence-corrected chi connectivity index (χ0v) is 20.2. The number of amides is 1. The molecule has 0 bridgehead atoms. The van der Waals surface area contributed by atoms with E-state index < -0.39 is 12.0 Å². The second-order valence-electron chi connectivity index (χ2n) is 9.77. The highest BCUT2D eigenvalue weighted by Gasteiger charge is 2.48. The number of likely N-dealkylation sites (tertiary alicyclic amines) is 1. The van der Waals surface area contributed by atoms with Crippen molar-refractivity contribution in [3.63, 3.8) is 0 Å². The van der Waals surface area contributed by atoms with Crippen molar-refractivity contribution in [2.24, 2.45) is 5.41 Å². The van der Waals surface area contributed by atoms with Crippen LogP contribution >= 0.6 is 0 Å². The van der Waals surface area contributed by atoms with Gasteiger partial charge in [0.05, 0.1) is 6.10 Å². The molecule has 1 aliphatic heterocycles. The van der Waals surface area contributed by atoms with Gasteiger partial charge in [0, 0.05) is 31.5 Å². The molecule has 32 heavy (non-hydrogen) atoms. The third kappa shape index (κ3) is 4.96. The Labute approximate surface area is 191 Å². The maximum Gasteiger partial charge on any atom is 0.251 e. The molecule has 1 atom stereocenters. The third-order valence-corrected chi connectivity index (χ3v) is 6.85. The van der Waals surface area contributed by atoms with Crippen LogP contribution in [0.5, 0.6) is 0 Å². The molecular weight excluding hydrogens is 402 g/mol. The highest BCUT2D eigenvalue weighted by atomic mass is 16.5. The first kappa shape index (κ1) is 24.2. The second-order valence-corrected chi connectivity index (χ2v) is 9.77. The van der Waals surface area contributed by atoms with Gasteiger partial charge in [-0.3, -0.25) is 14.4 Å². The van der Waals surface area contributed by atoms with Crippen LogP contribution < -0.4 is 0 Å². The van der Waals surface area contributed by atoms with Crippen LogP contribution in [0.15, 0.2) is 12.1 Å². The van der Waals surface area contributed by atoms with E-state index in [0.29, 0.717) is 38.8 Å². The number of nitrogens with zero attached hydrogens (tertiary/aromatic N) is 1. The number of piperidine rings is 1. The monoisotopic (exact) mass is 437 g/mol. The zero-order valence-electron chi connectivity index (χ0n) is 20.2. The van der Waals surface area contributed by atoms with Crippen LogP contribution in [-0.2, 0) is 19.1 Å². The van der Waals surface area contributed by atoms with E-state index >= 15 is 0 Å². The molecule has 1 spiro atoms. The lowest BCUT2D eigenvalue weighted by Gasteiger charge is -2.45. The number of carbonyl (C=O) groups excluding carboxylic acids is 3. The van der Waals surface area contributed by atoms with Crippen molar-refractivity contribution < 1.29 is 19.1 Å². The zero-order chi connectivity index (χ0) is 23.6.